The number of rotatable bonds is 8. The van der Waals surface area contributed by atoms with Crippen molar-refractivity contribution in [3.8, 4) is 0 Å². The van der Waals surface area contributed by atoms with Crippen LogP contribution in [-0.4, -0.2) is 40.7 Å². The molecule has 1 aromatic heterocycles. The molecule has 1 heterocycles. The molecule has 0 saturated heterocycles. The van der Waals surface area contributed by atoms with Gasteiger partial charge < -0.3 is 10.6 Å². The zero-order valence-electron chi connectivity index (χ0n) is 14.9. The highest BCUT2D eigenvalue weighted by molar-refractivity contribution is 5.95. The minimum Gasteiger partial charge on any atom is -0.324 e. The summed E-state index contributed by atoms with van der Waals surface area (Å²) in [5, 5.41) is 10.2. The van der Waals surface area contributed by atoms with Gasteiger partial charge in [-0.1, -0.05) is 26.0 Å². The summed E-state index contributed by atoms with van der Waals surface area (Å²) in [5.41, 5.74) is 2.85. The fourth-order valence-corrected chi connectivity index (χ4v) is 2.71. The van der Waals surface area contributed by atoms with E-state index < -0.39 is 6.04 Å². The quantitative estimate of drug-likeness (QED) is 0.779. The van der Waals surface area contributed by atoms with E-state index >= 15 is 0 Å². The third kappa shape index (κ3) is 4.66. The van der Waals surface area contributed by atoms with Crippen LogP contribution in [0.3, 0.4) is 0 Å². The van der Waals surface area contributed by atoms with Crippen molar-refractivity contribution in [3.05, 3.63) is 47.8 Å². The summed E-state index contributed by atoms with van der Waals surface area (Å²) in [6.07, 6.45) is 3.55. The summed E-state index contributed by atoms with van der Waals surface area (Å²) < 4.78 is 1.69. The molecule has 1 aromatic carbocycles. The lowest BCUT2D eigenvalue weighted by Gasteiger charge is -2.19. The molecule has 2 aromatic rings. The fourth-order valence-electron chi connectivity index (χ4n) is 2.71. The zero-order chi connectivity index (χ0) is 17.5. The number of anilines is 1. The Bertz CT molecular complexity index is 663. The maximum absolute atomic E-state index is 12.6. The Morgan fingerprint density at radius 3 is 2.67 bits per heavy atom. The Morgan fingerprint density at radius 2 is 2.08 bits per heavy atom. The van der Waals surface area contributed by atoms with Gasteiger partial charge in [0.1, 0.15) is 6.04 Å². The SMILES string of the molecule is CCN(CC)Cc1cccc(NC(=O)C(NC)c2cnn(C)c2)c1. The average molecular weight is 329 g/mol. The van der Waals surface area contributed by atoms with E-state index in [2.05, 4.69) is 40.5 Å². The van der Waals surface area contributed by atoms with Crippen molar-refractivity contribution >= 4 is 11.6 Å². The van der Waals surface area contributed by atoms with Gasteiger partial charge >= 0.3 is 0 Å². The van der Waals surface area contributed by atoms with Crippen LogP contribution in [0.1, 0.15) is 31.0 Å². The van der Waals surface area contributed by atoms with E-state index in [-0.39, 0.29) is 5.91 Å². The maximum atomic E-state index is 12.6. The van der Waals surface area contributed by atoms with Crippen molar-refractivity contribution in [2.45, 2.75) is 26.4 Å². The number of hydrogen-bond acceptors (Lipinski definition) is 4. The molecule has 0 saturated carbocycles. The summed E-state index contributed by atoms with van der Waals surface area (Å²) in [4.78, 5) is 14.9. The lowest BCUT2D eigenvalue weighted by molar-refractivity contribution is -0.118. The van der Waals surface area contributed by atoms with Crippen LogP contribution in [0.4, 0.5) is 5.69 Å². The number of likely N-dealkylation sites (N-methyl/N-ethyl adjacent to an activating group) is 1. The normalized spacial score (nSPS) is 12.4. The smallest absolute Gasteiger partial charge is 0.246 e. The molecule has 0 spiro atoms. The third-order valence-electron chi connectivity index (χ3n) is 4.10. The van der Waals surface area contributed by atoms with Gasteiger partial charge in [0, 0.05) is 31.0 Å². The number of hydrogen-bond donors (Lipinski definition) is 2. The molecular formula is C18H27N5O. The topological polar surface area (TPSA) is 62.2 Å². The molecular weight excluding hydrogens is 302 g/mol. The lowest BCUT2D eigenvalue weighted by Crippen LogP contribution is -2.30. The van der Waals surface area contributed by atoms with Crippen LogP contribution in [0.5, 0.6) is 0 Å². The van der Waals surface area contributed by atoms with Gasteiger partial charge in [0.05, 0.1) is 6.20 Å². The van der Waals surface area contributed by atoms with Crippen molar-refractivity contribution in [2.75, 3.05) is 25.5 Å². The molecule has 2 rings (SSSR count). The monoisotopic (exact) mass is 329 g/mol. The summed E-state index contributed by atoms with van der Waals surface area (Å²) in [7, 11) is 3.61. The van der Waals surface area contributed by atoms with Crippen molar-refractivity contribution in [2.24, 2.45) is 7.05 Å². The van der Waals surface area contributed by atoms with Gasteiger partial charge in [0.15, 0.2) is 0 Å². The van der Waals surface area contributed by atoms with Crippen molar-refractivity contribution in [1.82, 2.24) is 20.0 Å². The predicted octanol–water partition coefficient (Wildman–Crippen LogP) is 2.16. The van der Waals surface area contributed by atoms with E-state index in [0.29, 0.717) is 0 Å². The number of carbonyl (C=O) groups excluding carboxylic acids is 1. The Kier molecular flexibility index (Phi) is 6.52. The summed E-state index contributed by atoms with van der Waals surface area (Å²) in [5.74, 6) is -0.0921. The number of aryl methyl sites for hydroxylation is 1. The average Bonchev–Trinajstić information content (AvgIpc) is 2.99. The highest BCUT2D eigenvalue weighted by Gasteiger charge is 2.20. The van der Waals surface area contributed by atoms with Crippen LogP contribution in [0, 0.1) is 0 Å². The molecule has 24 heavy (non-hydrogen) atoms. The van der Waals surface area contributed by atoms with Gasteiger partial charge in [-0.3, -0.25) is 14.4 Å². The molecule has 1 unspecified atom stereocenters. The number of amides is 1. The Labute approximate surface area is 143 Å². The first kappa shape index (κ1) is 18.2. The van der Waals surface area contributed by atoms with Gasteiger partial charge in [0.25, 0.3) is 0 Å². The number of benzene rings is 1. The fraction of sp³-hybridized carbons (Fsp3) is 0.444. The van der Waals surface area contributed by atoms with Crippen LogP contribution >= 0.6 is 0 Å². The molecule has 1 amide bonds. The Morgan fingerprint density at radius 1 is 1.33 bits per heavy atom. The van der Waals surface area contributed by atoms with E-state index in [4.69, 9.17) is 0 Å². The Balaban J connectivity index is 2.08. The highest BCUT2D eigenvalue weighted by Crippen LogP contribution is 2.17. The summed E-state index contributed by atoms with van der Waals surface area (Å²) >= 11 is 0. The van der Waals surface area contributed by atoms with Gasteiger partial charge in [-0.15, -0.1) is 0 Å². The lowest BCUT2D eigenvalue weighted by atomic mass is 10.1. The molecule has 1 atom stereocenters. The third-order valence-corrected chi connectivity index (χ3v) is 4.10. The predicted molar refractivity (Wildman–Crippen MR) is 96.7 cm³/mol. The van der Waals surface area contributed by atoms with Crippen LogP contribution in [0.25, 0.3) is 0 Å². The molecule has 0 bridgehead atoms. The largest absolute Gasteiger partial charge is 0.324 e. The van der Waals surface area contributed by atoms with Crippen LogP contribution < -0.4 is 10.6 Å². The molecule has 0 fully saturated rings. The van der Waals surface area contributed by atoms with Gasteiger partial charge in [-0.2, -0.15) is 5.10 Å². The number of nitrogens with one attached hydrogen (secondary N) is 2. The molecule has 0 aliphatic carbocycles. The van der Waals surface area contributed by atoms with Gasteiger partial charge in [0.2, 0.25) is 5.91 Å². The zero-order valence-corrected chi connectivity index (χ0v) is 14.9. The molecule has 0 radical (unpaired) electrons. The van der Waals surface area contributed by atoms with Crippen LogP contribution in [0.2, 0.25) is 0 Å². The first-order valence-corrected chi connectivity index (χ1v) is 8.35. The van der Waals surface area contributed by atoms with Crippen LogP contribution in [0.15, 0.2) is 36.7 Å². The highest BCUT2D eigenvalue weighted by atomic mass is 16.2. The number of carbonyl (C=O) groups is 1. The minimum atomic E-state index is -0.426. The van der Waals surface area contributed by atoms with E-state index in [1.54, 1.807) is 17.9 Å². The molecule has 6 nitrogen and oxygen atoms in total. The second-order valence-corrected chi connectivity index (χ2v) is 5.82. The minimum absolute atomic E-state index is 0.0921. The second kappa shape index (κ2) is 8.61. The molecule has 130 valence electrons. The van der Waals surface area contributed by atoms with E-state index in [0.717, 1.165) is 30.9 Å². The van der Waals surface area contributed by atoms with Crippen molar-refractivity contribution < 1.29 is 4.79 Å². The van der Waals surface area contributed by atoms with Crippen LogP contribution in [-0.2, 0) is 18.4 Å². The van der Waals surface area contributed by atoms with E-state index in [1.807, 2.05) is 31.4 Å². The number of nitrogens with zero attached hydrogens (tertiary/aromatic N) is 3. The number of aromatic nitrogens is 2. The Hall–Kier alpha value is -2.18. The van der Waals surface area contributed by atoms with Crippen molar-refractivity contribution in [1.29, 1.82) is 0 Å². The standard InChI is InChI=1S/C18H27N5O/c1-5-23(6-2)12-14-8-7-9-16(10-14)21-18(24)17(19-3)15-11-20-22(4)13-15/h7-11,13,17,19H,5-6,12H2,1-4H3,(H,21,24). The van der Waals surface area contributed by atoms with E-state index in [9.17, 15) is 4.79 Å². The van der Waals surface area contributed by atoms with Crippen molar-refractivity contribution in [3.63, 3.8) is 0 Å². The van der Waals surface area contributed by atoms with Gasteiger partial charge in [-0.25, -0.2) is 0 Å². The first-order valence-electron chi connectivity index (χ1n) is 8.35. The summed E-state index contributed by atoms with van der Waals surface area (Å²) in [6.45, 7) is 7.21. The maximum Gasteiger partial charge on any atom is 0.246 e. The molecule has 6 heteroatoms. The second-order valence-electron chi connectivity index (χ2n) is 5.82. The molecule has 2 N–H and O–H groups in total. The van der Waals surface area contributed by atoms with E-state index in [1.165, 1.54) is 5.56 Å². The molecule has 0 aliphatic heterocycles. The molecule has 0 aliphatic rings. The first-order chi connectivity index (χ1) is 11.6. The summed E-state index contributed by atoms with van der Waals surface area (Å²) in [6, 6.07) is 7.59. The van der Waals surface area contributed by atoms with Gasteiger partial charge in [-0.05, 0) is 37.8 Å².